The number of benzene rings is 1. The molecule has 6 heteroatoms. The van der Waals surface area contributed by atoms with E-state index < -0.39 is 0 Å². The molecule has 1 aromatic carbocycles. The number of amides is 2. The molecule has 0 bridgehead atoms. The standard InChI is InChI=1S/C17H19N3O2S/c1-20(13-6-8-18-10-13)17(22)14-4-2-3-5-15(14)19-16(21)12-7-9-23-11-12/h2-5,7,9,11,13,18H,6,8,10H2,1H3,(H,19,21). The summed E-state index contributed by atoms with van der Waals surface area (Å²) >= 11 is 1.47. The van der Waals surface area contributed by atoms with E-state index in [-0.39, 0.29) is 17.9 Å². The summed E-state index contributed by atoms with van der Waals surface area (Å²) in [5.74, 6) is -0.267. The fourth-order valence-corrected chi connectivity index (χ4v) is 3.33. The summed E-state index contributed by atoms with van der Waals surface area (Å²) in [6.07, 6.45) is 0.950. The average molecular weight is 329 g/mol. The highest BCUT2D eigenvalue weighted by molar-refractivity contribution is 7.08. The van der Waals surface area contributed by atoms with Crippen LogP contribution in [0.25, 0.3) is 0 Å². The number of anilines is 1. The third kappa shape index (κ3) is 3.43. The Bertz CT molecular complexity index is 694. The molecule has 2 aromatic rings. The molecule has 5 nitrogen and oxygen atoms in total. The fraction of sp³-hybridized carbons (Fsp3) is 0.294. The Kier molecular flexibility index (Phi) is 4.73. The molecule has 120 valence electrons. The predicted octanol–water partition coefficient (Wildman–Crippen LogP) is 2.43. The second-order valence-electron chi connectivity index (χ2n) is 5.57. The molecule has 1 fully saturated rings. The van der Waals surface area contributed by atoms with Crippen LogP contribution < -0.4 is 10.6 Å². The largest absolute Gasteiger partial charge is 0.337 e. The SMILES string of the molecule is CN(C(=O)c1ccccc1NC(=O)c1ccsc1)C1CCNC1. The first kappa shape index (κ1) is 15.7. The Morgan fingerprint density at radius 1 is 1.30 bits per heavy atom. The molecular weight excluding hydrogens is 310 g/mol. The molecule has 23 heavy (non-hydrogen) atoms. The molecule has 1 atom stereocenters. The maximum atomic E-state index is 12.8. The molecule has 1 aromatic heterocycles. The van der Waals surface area contributed by atoms with E-state index in [1.54, 1.807) is 28.5 Å². The second kappa shape index (κ2) is 6.93. The maximum absolute atomic E-state index is 12.8. The van der Waals surface area contributed by atoms with E-state index in [4.69, 9.17) is 0 Å². The number of hydrogen-bond donors (Lipinski definition) is 2. The third-order valence-corrected chi connectivity index (χ3v) is 4.77. The zero-order valence-electron chi connectivity index (χ0n) is 12.9. The first-order chi connectivity index (χ1) is 11.2. The number of nitrogens with one attached hydrogen (secondary N) is 2. The van der Waals surface area contributed by atoms with Gasteiger partial charge in [-0.2, -0.15) is 11.3 Å². The molecule has 2 amide bonds. The molecule has 2 N–H and O–H groups in total. The highest BCUT2D eigenvalue weighted by Crippen LogP contribution is 2.20. The number of para-hydroxylation sites is 1. The summed E-state index contributed by atoms with van der Waals surface area (Å²) in [6.45, 7) is 1.74. The number of carbonyl (C=O) groups excluding carboxylic acids is 2. The maximum Gasteiger partial charge on any atom is 0.256 e. The lowest BCUT2D eigenvalue weighted by Gasteiger charge is -2.24. The van der Waals surface area contributed by atoms with E-state index in [2.05, 4.69) is 10.6 Å². The van der Waals surface area contributed by atoms with Crippen molar-refractivity contribution in [3.63, 3.8) is 0 Å². The lowest BCUT2D eigenvalue weighted by molar-refractivity contribution is 0.0745. The number of rotatable bonds is 4. The molecule has 0 radical (unpaired) electrons. The van der Waals surface area contributed by atoms with Crippen LogP contribution in [0.5, 0.6) is 0 Å². The molecule has 0 saturated carbocycles. The molecule has 1 saturated heterocycles. The number of carbonyl (C=O) groups is 2. The molecule has 2 heterocycles. The van der Waals surface area contributed by atoms with Crippen molar-refractivity contribution in [2.45, 2.75) is 12.5 Å². The molecule has 0 spiro atoms. The average Bonchev–Trinajstić information content (AvgIpc) is 3.27. The van der Waals surface area contributed by atoms with Gasteiger partial charge in [0.1, 0.15) is 0 Å². The van der Waals surface area contributed by atoms with Crippen LogP contribution in [0.4, 0.5) is 5.69 Å². The smallest absolute Gasteiger partial charge is 0.256 e. The van der Waals surface area contributed by atoms with E-state index >= 15 is 0 Å². The van der Waals surface area contributed by atoms with Crippen LogP contribution in [0.3, 0.4) is 0 Å². The van der Waals surface area contributed by atoms with E-state index in [0.717, 1.165) is 19.5 Å². The van der Waals surface area contributed by atoms with Crippen molar-refractivity contribution in [1.29, 1.82) is 0 Å². The number of likely N-dealkylation sites (N-methyl/N-ethyl adjacent to an activating group) is 1. The van der Waals surface area contributed by atoms with Crippen LogP contribution in [0.15, 0.2) is 41.1 Å². The van der Waals surface area contributed by atoms with Crippen LogP contribution >= 0.6 is 11.3 Å². The van der Waals surface area contributed by atoms with Crippen molar-refractivity contribution < 1.29 is 9.59 Å². The van der Waals surface area contributed by atoms with E-state index in [1.165, 1.54) is 11.3 Å². The van der Waals surface area contributed by atoms with Gasteiger partial charge in [-0.05, 0) is 36.5 Å². The van der Waals surface area contributed by atoms with Crippen molar-refractivity contribution >= 4 is 28.8 Å². The first-order valence-electron chi connectivity index (χ1n) is 7.57. The third-order valence-electron chi connectivity index (χ3n) is 4.09. The summed E-state index contributed by atoms with van der Waals surface area (Å²) in [5, 5.41) is 9.75. The zero-order valence-corrected chi connectivity index (χ0v) is 13.7. The Labute approximate surface area is 139 Å². The lowest BCUT2D eigenvalue weighted by Crippen LogP contribution is -2.38. The Morgan fingerprint density at radius 3 is 2.83 bits per heavy atom. The van der Waals surface area contributed by atoms with Gasteiger partial charge in [-0.25, -0.2) is 0 Å². The van der Waals surface area contributed by atoms with Crippen LogP contribution in [0.2, 0.25) is 0 Å². The topological polar surface area (TPSA) is 61.4 Å². The van der Waals surface area contributed by atoms with Gasteiger partial charge >= 0.3 is 0 Å². The Morgan fingerprint density at radius 2 is 2.13 bits per heavy atom. The summed E-state index contributed by atoms with van der Waals surface area (Å²) < 4.78 is 0. The predicted molar refractivity (Wildman–Crippen MR) is 92.1 cm³/mol. The van der Waals surface area contributed by atoms with Crippen LogP contribution in [-0.4, -0.2) is 42.9 Å². The van der Waals surface area contributed by atoms with Crippen molar-refractivity contribution in [2.24, 2.45) is 0 Å². The van der Waals surface area contributed by atoms with Crippen LogP contribution in [0.1, 0.15) is 27.1 Å². The monoisotopic (exact) mass is 329 g/mol. The molecule has 1 unspecified atom stereocenters. The van der Waals surface area contributed by atoms with Gasteiger partial charge in [0, 0.05) is 25.0 Å². The molecule has 1 aliphatic heterocycles. The Balaban J connectivity index is 1.79. The van der Waals surface area contributed by atoms with Crippen LogP contribution in [0, 0.1) is 0 Å². The Hall–Kier alpha value is -2.18. The van der Waals surface area contributed by atoms with Gasteiger partial charge in [-0.3, -0.25) is 9.59 Å². The van der Waals surface area contributed by atoms with Gasteiger partial charge in [0.15, 0.2) is 0 Å². The van der Waals surface area contributed by atoms with E-state index in [1.807, 2.05) is 24.6 Å². The summed E-state index contributed by atoms with van der Waals surface area (Å²) in [6, 6.07) is 9.11. The molecule has 1 aliphatic rings. The van der Waals surface area contributed by atoms with Gasteiger partial charge < -0.3 is 15.5 Å². The van der Waals surface area contributed by atoms with E-state index in [0.29, 0.717) is 16.8 Å². The van der Waals surface area contributed by atoms with Crippen LogP contribution in [-0.2, 0) is 0 Å². The molecule has 0 aliphatic carbocycles. The second-order valence-corrected chi connectivity index (χ2v) is 6.35. The number of nitrogens with zero attached hydrogens (tertiary/aromatic N) is 1. The highest BCUT2D eigenvalue weighted by Gasteiger charge is 2.25. The normalized spacial score (nSPS) is 17.0. The van der Waals surface area contributed by atoms with Crippen molar-refractivity contribution in [3.05, 3.63) is 52.2 Å². The van der Waals surface area contributed by atoms with E-state index in [9.17, 15) is 9.59 Å². The summed E-state index contributed by atoms with van der Waals surface area (Å²) in [4.78, 5) is 26.8. The number of thiophene rings is 1. The molecule has 3 rings (SSSR count). The van der Waals surface area contributed by atoms with Gasteiger partial charge in [-0.15, -0.1) is 0 Å². The quantitative estimate of drug-likeness (QED) is 0.906. The minimum atomic E-state index is -0.198. The summed E-state index contributed by atoms with van der Waals surface area (Å²) in [7, 11) is 1.82. The van der Waals surface area contributed by atoms with Gasteiger partial charge in [0.2, 0.25) is 0 Å². The minimum absolute atomic E-state index is 0.0695. The van der Waals surface area contributed by atoms with Gasteiger partial charge in [-0.1, -0.05) is 12.1 Å². The number of hydrogen-bond acceptors (Lipinski definition) is 4. The van der Waals surface area contributed by atoms with Crippen molar-refractivity contribution in [2.75, 3.05) is 25.5 Å². The fourth-order valence-electron chi connectivity index (χ4n) is 2.69. The lowest BCUT2D eigenvalue weighted by atomic mass is 10.1. The minimum Gasteiger partial charge on any atom is -0.337 e. The van der Waals surface area contributed by atoms with Crippen molar-refractivity contribution in [3.8, 4) is 0 Å². The summed E-state index contributed by atoms with van der Waals surface area (Å²) in [5.41, 5.74) is 1.67. The highest BCUT2D eigenvalue weighted by atomic mass is 32.1. The molecular formula is C17H19N3O2S. The van der Waals surface area contributed by atoms with Gasteiger partial charge in [0.05, 0.1) is 16.8 Å². The van der Waals surface area contributed by atoms with Crippen molar-refractivity contribution in [1.82, 2.24) is 10.2 Å². The van der Waals surface area contributed by atoms with Gasteiger partial charge in [0.25, 0.3) is 11.8 Å². The zero-order chi connectivity index (χ0) is 16.2. The first-order valence-corrected chi connectivity index (χ1v) is 8.51.